The van der Waals surface area contributed by atoms with Crippen molar-refractivity contribution >= 4 is 28.9 Å². The molecule has 0 radical (unpaired) electrons. The van der Waals surface area contributed by atoms with E-state index in [9.17, 15) is 14.7 Å². The van der Waals surface area contributed by atoms with Crippen molar-refractivity contribution in [3.63, 3.8) is 0 Å². The SMILES string of the molecule is CC(=O)C1=C(Nc2ccccc2)C[C@@](C)(O)[C@H](C(C)=O)[C@H]1c1ccc(Cl)cc1. The van der Waals surface area contributed by atoms with Gasteiger partial charge in [0.1, 0.15) is 5.78 Å². The van der Waals surface area contributed by atoms with E-state index in [-0.39, 0.29) is 18.0 Å². The maximum absolute atomic E-state index is 12.7. The molecule has 2 aromatic rings. The highest BCUT2D eigenvalue weighted by atomic mass is 35.5. The normalized spacial score (nSPS) is 24.8. The number of ketones is 2. The van der Waals surface area contributed by atoms with Gasteiger partial charge in [0.05, 0.1) is 11.5 Å². The second kappa shape index (κ2) is 7.90. The third-order valence-corrected chi connectivity index (χ3v) is 5.54. The fourth-order valence-corrected chi connectivity index (χ4v) is 4.34. The van der Waals surface area contributed by atoms with Gasteiger partial charge in [0, 0.05) is 34.3 Å². The number of halogens is 1. The van der Waals surface area contributed by atoms with Crippen molar-refractivity contribution in [3.05, 3.63) is 76.5 Å². The van der Waals surface area contributed by atoms with Gasteiger partial charge in [0.15, 0.2) is 5.78 Å². The number of benzene rings is 2. The van der Waals surface area contributed by atoms with Crippen LogP contribution in [0.3, 0.4) is 0 Å². The van der Waals surface area contributed by atoms with Crippen LogP contribution in [-0.4, -0.2) is 22.3 Å². The van der Waals surface area contributed by atoms with Gasteiger partial charge in [0.25, 0.3) is 0 Å². The number of anilines is 1. The zero-order valence-corrected chi connectivity index (χ0v) is 17.0. The fourth-order valence-electron chi connectivity index (χ4n) is 4.22. The number of allylic oxidation sites excluding steroid dienone is 1. The first-order valence-electron chi connectivity index (χ1n) is 9.25. The average Bonchev–Trinajstić information content (AvgIpc) is 2.61. The van der Waals surface area contributed by atoms with E-state index in [1.54, 1.807) is 19.1 Å². The Labute approximate surface area is 170 Å². The number of rotatable bonds is 5. The molecule has 0 fully saturated rings. The highest BCUT2D eigenvalue weighted by Gasteiger charge is 2.49. The van der Waals surface area contributed by atoms with Crippen LogP contribution in [0.2, 0.25) is 5.02 Å². The van der Waals surface area contributed by atoms with Crippen LogP contribution in [0.15, 0.2) is 65.9 Å². The molecular formula is C23H24ClNO3. The monoisotopic (exact) mass is 397 g/mol. The van der Waals surface area contributed by atoms with Gasteiger partial charge in [-0.2, -0.15) is 0 Å². The Kier molecular flexibility index (Phi) is 5.73. The van der Waals surface area contributed by atoms with Crippen LogP contribution in [0, 0.1) is 5.92 Å². The highest BCUT2D eigenvalue weighted by molar-refractivity contribution is 6.30. The molecule has 5 heteroatoms. The molecule has 4 nitrogen and oxygen atoms in total. The van der Waals surface area contributed by atoms with Gasteiger partial charge in [-0.1, -0.05) is 41.9 Å². The number of nitrogens with one attached hydrogen (secondary N) is 1. The predicted octanol–water partition coefficient (Wildman–Crippen LogP) is 4.74. The van der Waals surface area contributed by atoms with E-state index in [2.05, 4.69) is 5.32 Å². The molecule has 0 bridgehead atoms. The molecule has 0 spiro atoms. The molecule has 0 aromatic heterocycles. The Morgan fingerprint density at radius 2 is 1.68 bits per heavy atom. The molecule has 1 aliphatic carbocycles. The fraction of sp³-hybridized carbons (Fsp3) is 0.304. The summed E-state index contributed by atoms with van der Waals surface area (Å²) in [5.74, 6) is -1.56. The van der Waals surface area contributed by atoms with Crippen molar-refractivity contribution < 1.29 is 14.7 Å². The molecule has 3 rings (SSSR count). The molecule has 0 unspecified atom stereocenters. The van der Waals surface area contributed by atoms with Crippen molar-refractivity contribution in [1.29, 1.82) is 0 Å². The van der Waals surface area contributed by atoms with E-state index in [1.807, 2.05) is 42.5 Å². The van der Waals surface area contributed by atoms with Gasteiger partial charge < -0.3 is 10.4 Å². The number of carbonyl (C=O) groups is 2. The van der Waals surface area contributed by atoms with E-state index in [1.165, 1.54) is 13.8 Å². The van der Waals surface area contributed by atoms with Crippen molar-refractivity contribution in [3.8, 4) is 0 Å². The van der Waals surface area contributed by atoms with Crippen LogP contribution in [0.1, 0.15) is 38.7 Å². The number of para-hydroxylation sites is 1. The number of hydrogen-bond donors (Lipinski definition) is 2. The van der Waals surface area contributed by atoms with E-state index >= 15 is 0 Å². The summed E-state index contributed by atoms with van der Waals surface area (Å²) in [7, 11) is 0. The standard InChI is InChI=1S/C23H24ClNO3/c1-14(26)20-19(25-18-7-5-4-6-8-18)13-23(3,28)22(15(2)27)21(20)16-9-11-17(24)12-10-16/h4-12,21-22,25,28H,13H2,1-3H3/t21-,22+,23+/m0/s1. The lowest BCUT2D eigenvalue weighted by Gasteiger charge is -2.43. The second-order valence-corrected chi connectivity index (χ2v) is 8.03. The van der Waals surface area contributed by atoms with E-state index in [4.69, 9.17) is 11.6 Å². The van der Waals surface area contributed by atoms with Crippen molar-refractivity contribution in [1.82, 2.24) is 0 Å². The molecule has 146 valence electrons. The molecule has 0 heterocycles. The minimum Gasteiger partial charge on any atom is -0.389 e. The van der Waals surface area contributed by atoms with Crippen LogP contribution in [0.25, 0.3) is 0 Å². The summed E-state index contributed by atoms with van der Waals surface area (Å²) >= 11 is 6.03. The van der Waals surface area contributed by atoms with E-state index in [0.29, 0.717) is 16.3 Å². The first-order valence-corrected chi connectivity index (χ1v) is 9.63. The van der Waals surface area contributed by atoms with E-state index in [0.717, 1.165) is 11.3 Å². The Hall–Kier alpha value is -2.43. The Morgan fingerprint density at radius 1 is 1.07 bits per heavy atom. The Bertz CT molecular complexity index is 917. The lowest BCUT2D eigenvalue weighted by Crippen LogP contribution is -2.48. The zero-order chi connectivity index (χ0) is 20.5. The van der Waals surface area contributed by atoms with Crippen LogP contribution >= 0.6 is 11.6 Å². The highest BCUT2D eigenvalue weighted by Crippen LogP contribution is 2.47. The predicted molar refractivity (Wildman–Crippen MR) is 111 cm³/mol. The lowest BCUT2D eigenvalue weighted by molar-refractivity contribution is -0.131. The summed E-state index contributed by atoms with van der Waals surface area (Å²) in [6.07, 6.45) is 0.186. The van der Waals surface area contributed by atoms with Crippen LogP contribution in [0.5, 0.6) is 0 Å². The number of hydrogen-bond acceptors (Lipinski definition) is 4. The number of aliphatic hydroxyl groups is 1. The molecule has 0 saturated carbocycles. The van der Waals surface area contributed by atoms with Gasteiger partial charge in [-0.25, -0.2) is 0 Å². The number of carbonyl (C=O) groups excluding carboxylic acids is 2. The number of Topliss-reactive ketones (excluding diaryl/α,β-unsaturated/α-hetero) is 2. The molecule has 2 aromatic carbocycles. The maximum Gasteiger partial charge on any atom is 0.158 e. The summed E-state index contributed by atoms with van der Waals surface area (Å²) in [5, 5.41) is 15.1. The summed E-state index contributed by atoms with van der Waals surface area (Å²) in [6, 6.07) is 16.6. The minimum atomic E-state index is -1.30. The topological polar surface area (TPSA) is 66.4 Å². The first kappa shape index (κ1) is 20.3. The Balaban J connectivity index is 2.21. The zero-order valence-electron chi connectivity index (χ0n) is 16.2. The molecule has 2 N–H and O–H groups in total. The molecule has 1 aliphatic rings. The van der Waals surface area contributed by atoms with Gasteiger partial charge in [0.2, 0.25) is 0 Å². The largest absolute Gasteiger partial charge is 0.389 e. The van der Waals surface area contributed by atoms with E-state index < -0.39 is 17.4 Å². The molecule has 3 atom stereocenters. The van der Waals surface area contributed by atoms with Gasteiger partial charge in [-0.05, 0) is 50.6 Å². The van der Waals surface area contributed by atoms with Gasteiger partial charge in [-0.3, -0.25) is 9.59 Å². The third-order valence-electron chi connectivity index (χ3n) is 5.29. The molecule has 28 heavy (non-hydrogen) atoms. The van der Waals surface area contributed by atoms with Gasteiger partial charge in [-0.15, -0.1) is 0 Å². The molecule has 0 saturated heterocycles. The maximum atomic E-state index is 12.7. The van der Waals surface area contributed by atoms with Crippen molar-refractivity contribution in [2.24, 2.45) is 5.92 Å². The Morgan fingerprint density at radius 3 is 2.21 bits per heavy atom. The van der Waals surface area contributed by atoms with Crippen LogP contribution in [0.4, 0.5) is 5.69 Å². The third kappa shape index (κ3) is 4.03. The van der Waals surface area contributed by atoms with Crippen molar-refractivity contribution in [2.45, 2.75) is 38.7 Å². The molecular weight excluding hydrogens is 374 g/mol. The van der Waals surface area contributed by atoms with Crippen LogP contribution < -0.4 is 5.32 Å². The molecule has 0 amide bonds. The second-order valence-electron chi connectivity index (χ2n) is 7.59. The van der Waals surface area contributed by atoms with Crippen LogP contribution in [-0.2, 0) is 9.59 Å². The summed E-state index contributed by atoms with van der Waals surface area (Å²) in [4.78, 5) is 25.3. The smallest absolute Gasteiger partial charge is 0.158 e. The average molecular weight is 398 g/mol. The summed E-state index contributed by atoms with van der Waals surface area (Å²) in [5.41, 5.74) is 1.47. The van der Waals surface area contributed by atoms with Gasteiger partial charge >= 0.3 is 0 Å². The van der Waals surface area contributed by atoms with Crippen molar-refractivity contribution in [2.75, 3.05) is 5.32 Å². The first-order chi connectivity index (χ1) is 13.2. The summed E-state index contributed by atoms with van der Waals surface area (Å²) in [6.45, 7) is 4.63. The minimum absolute atomic E-state index is 0.125. The lowest BCUT2D eigenvalue weighted by atomic mass is 9.64. The molecule has 0 aliphatic heterocycles. The quantitative estimate of drug-likeness (QED) is 0.764. The summed E-state index contributed by atoms with van der Waals surface area (Å²) < 4.78 is 0.